The van der Waals surface area contributed by atoms with Crippen LogP contribution in [0.4, 0.5) is 4.39 Å². The van der Waals surface area contributed by atoms with E-state index in [1.54, 1.807) is 36.2 Å². The van der Waals surface area contributed by atoms with E-state index in [2.05, 4.69) is 21.0 Å². The van der Waals surface area contributed by atoms with Crippen LogP contribution in [-0.2, 0) is 11.3 Å². The lowest BCUT2D eigenvalue weighted by Crippen LogP contribution is -2.27. The number of aliphatic hydroxyl groups is 2. The summed E-state index contributed by atoms with van der Waals surface area (Å²) in [7, 11) is 0. The molecular formula is C35H36FN5O5. The summed E-state index contributed by atoms with van der Waals surface area (Å²) in [6.45, 7) is 4.35. The van der Waals surface area contributed by atoms with Crippen LogP contribution in [0.5, 0.6) is 11.5 Å². The van der Waals surface area contributed by atoms with E-state index in [0.29, 0.717) is 58.8 Å². The third-order valence-electron chi connectivity index (χ3n) is 8.20. The Labute approximate surface area is 265 Å². The molecule has 0 spiro atoms. The lowest BCUT2D eigenvalue weighted by molar-refractivity contribution is -0.119. The monoisotopic (exact) mass is 625 g/mol. The van der Waals surface area contributed by atoms with E-state index < -0.39 is 6.10 Å². The third-order valence-corrected chi connectivity index (χ3v) is 8.20. The molecule has 1 saturated carbocycles. The second-order valence-corrected chi connectivity index (χ2v) is 11.6. The molecule has 1 fully saturated rings. The van der Waals surface area contributed by atoms with E-state index in [9.17, 15) is 14.3 Å². The number of aromatic amines is 1. The van der Waals surface area contributed by atoms with Crippen LogP contribution >= 0.6 is 0 Å². The van der Waals surface area contributed by atoms with Crippen molar-refractivity contribution in [3.05, 3.63) is 89.0 Å². The molecular weight excluding hydrogens is 589 g/mol. The molecule has 1 amide bonds. The number of aromatic nitrogens is 4. The highest BCUT2D eigenvalue weighted by Crippen LogP contribution is 2.42. The van der Waals surface area contributed by atoms with Crippen molar-refractivity contribution in [2.24, 2.45) is 0 Å². The number of nitrogens with zero attached hydrogens (tertiary/aromatic N) is 4. The molecule has 0 saturated heterocycles. The molecule has 3 N–H and O–H groups in total. The molecule has 3 heterocycles. The smallest absolute Gasteiger partial charge is 0.210 e. The number of amides is 1. The Balaban J connectivity index is 1.13. The molecule has 0 radical (unpaired) electrons. The summed E-state index contributed by atoms with van der Waals surface area (Å²) < 4.78 is 25.8. The van der Waals surface area contributed by atoms with Gasteiger partial charge in [-0.1, -0.05) is 18.2 Å². The minimum absolute atomic E-state index is 0.0352. The van der Waals surface area contributed by atoms with Crippen LogP contribution in [0.3, 0.4) is 0 Å². The zero-order valence-corrected chi connectivity index (χ0v) is 25.7. The molecule has 238 valence electrons. The summed E-state index contributed by atoms with van der Waals surface area (Å²) in [5.41, 5.74) is 7.25. The largest absolute Gasteiger partial charge is 0.491 e. The number of halogens is 1. The first kappa shape index (κ1) is 31.1. The second-order valence-electron chi connectivity index (χ2n) is 11.6. The van der Waals surface area contributed by atoms with E-state index in [4.69, 9.17) is 19.6 Å². The number of hydrogen-bond acceptors (Lipinski definition) is 8. The lowest BCUT2D eigenvalue weighted by Gasteiger charge is -2.20. The number of aliphatic hydroxyl groups excluding tert-OH is 2. The van der Waals surface area contributed by atoms with Gasteiger partial charge in [-0.05, 0) is 85.2 Å². The minimum atomic E-state index is -0.960. The van der Waals surface area contributed by atoms with Crippen LogP contribution in [0.15, 0.2) is 60.9 Å². The number of rotatable bonds is 14. The predicted octanol–water partition coefficient (Wildman–Crippen LogP) is 5.09. The molecule has 11 heteroatoms. The first-order chi connectivity index (χ1) is 22.3. The van der Waals surface area contributed by atoms with Gasteiger partial charge in [0.25, 0.3) is 0 Å². The predicted molar refractivity (Wildman–Crippen MR) is 171 cm³/mol. The van der Waals surface area contributed by atoms with Crippen molar-refractivity contribution in [2.45, 2.75) is 45.3 Å². The fourth-order valence-corrected chi connectivity index (χ4v) is 5.29. The third kappa shape index (κ3) is 7.00. The molecule has 46 heavy (non-hydrogen) atoms. The van der Waals surface area contributed by atoms with Crippen LogP contribution < -0.4 is 9.47 Å². The number of imidazole rings is 1. The fraction of sp³-hybridized carbons (Fsp3) is 0.314. The Morgan fingerprint density at radius 2 is 1.96 bits per heavy atom. The van der Waals surface area contributed by atoms with Gasteiger partial charge in [0.2, 0.25) is 6.41 Å². The number of H-pyrrole nitrogens is 1. The SMILES string of the molecule is Cc1cc(-c2ccnc3[nH]c(-c4ccc(OCC(O)CO)cn4)nc23)ccc1CN(C=O)CCOc1cc(C2CC2)cc(F)c1C. The average Bonchev–Trinajstić information content (AvgIpc) is 3.83. The van der Waals surface area contributed by atoms with Crippen molar-refractivity contribution in [3.8, 4) is 34.1 Å². The Hall–Kier alpha value is -4.87. The first-order valence-corrected chi connectivity index (χ1v) is 15.3. The number of pyridine rings is 2. The van der Waals surface area contributed by atoms with Gasteiger partial charge in [-0.3, -0.25) is 4.79 Å². The number of fused-ring (bicyclic) bond motifs is 1. The molecule has 1 atom stereocenters. The van der Waals surface area contributed by atoms with Crippen molar-refractivity contribution in [1.29, 1.82) is 0 Å². The Morgan fingerprint density at radius 3 is 2.67 bits per heavy atom. The summed E-state index contributed by atoms with van der Waals surface area (Å²) in [5.74, 6) is 1.71. The van der Waals surface area contributed by atoms with Gasteiger partial charge in [0.05, 0.1) is 19.3 Å². The maximum atomic E-state index is 14.4. The highest BCUT2D eigenvalue weighted by molar-refractivity contribution is 5.91. The Kier molecular flexibility index (Phi) is 9.23. The van der Waals surface area contributed by atoms with Crippen molar-refractivity contribution in [2.75, 3.05) is 26.4 Å². The topological polar surface area (TPSA) is 134 Å². The van der Waals surface area contributed by atoms with Crippen LogP contribution in [0.25, 0.3) is 33.8 Å². The van der Waals surface area contributed by atoms with Gasteiger partial charge in [-0.15, -0.1) is 0 Å². The molecule has 0 bridgehead atoms. The number of ether oxygens (including phenoxy) is 2. The van der Waals surface area contributed by atoms with Gasteiger partial charge in [-0.25, -0.2) is 19.3 Å². The normalized spacial score (nSPS) is 13.5. The number of benzene rings is 2. The lowest BCUT2D eigenvalue weighted by atomic mass is 9.99. The average molecular weight is 626 g/mol. The van der Waals surface area contributed by atoms with E-state index in [1.165, 1.54) is 6.20 Å². The molecule has 6 rings (SSSR count). The van der Waals surface area contributed by atoms with Crippen LogP contribution in [-0.4, -0.2) is 73.9 Å². The Morgan fingerprint density at radius 1 is 1.11 bits per heavy atom. The number of carbonyl (C=O) groups excluding carboxylic acids is 1. The van der Waals surface area contributed by atoms with Crippen molar-refractivity contribution in [1.82, 2.24) is 24.8 Å². The van der Waals surface area contributed by atoms with Gasteiger partial charge in [0.1, 0.15) is 47.8 Å². The Bertz CT molecular complexity index is 1840. The molecule has 1 aliphatic rings. The molecule has 3 aromatic heterocycles. The zero-order chi connectivity index (χ0) is 32.2. The molecule has 2 aromatic carbocycles. The molecule has 10 nitrogen and oxygen atoms in total. The highest BCUT2D eigenvalue weighted by Gasteiger charge is 2.25. The van der Waals surface area contributed by atoms with Crippen LogP contribution in [0.2, 0.25) is 0 Å². The number of aryl methyl sites for hydroxylation is 1. The quantitative estimate of drug-likeness (QED) is 0.145. The molecule has 0 aliphatic heterocycles. The maximum Gasteiger partial charge on any atom is 0.210 e. The van der Waals surface area contributed by atoms with E-state index in [1.807, 2.05) is 31.2 Å². The number of nitrogens with one attached hydrogen (secondary N) is 1. The van der Waals surface area contributed by atoms with Crippen LogP contribution in [0.1, 0.15) is 41.0 Å². The summed E-state index contributed by atoms with van der Waals surface area (Å²) in [6.07, 6.45) is 5.27. The van der Waals surface area contributed by atoms with Crippen molar-refractivity contribution in [3.63, 3.8) is 0 Å². The summed E-state index contributed by atoms with van der Waals surface area (Å²) in [5, 5.41) is 18.4. The summed E-state index contributed by atoms with van der Waals surface area (Å²) >= 11 is 0. The molecule has 1 unspecified atom stereocenters. The summed E-state index contributed by atoms with van der Waals surface area (Å²) in [6, 6.07) is 15.0. The van der Waals surface area contributed by atoms with Gasteiger partial charge in [0.15, 0.2) is 11.5 Å². The van der Waals surface area contributed by atoms with Gasteiger partial charge < -0.3 is 29.6 Å². The van der Waals surface area contributed by atoms with E-state index in [-0.39, 0.29) is 25.6 Å². The van der Waals surface area contributed by atoms with Gasteiger partial charge in [-0.2, -0.15) is 0 Å². The standard InChI is InChI=1S/C35H36FN5O5/c1-21-13-24(5-6-25(21)17-41(20-43)11-12-45-32-15-26(23-3-4-23)14-30(36)22(32)2)29-9-10-37-35-33(29)39-34(40-35)31-8-7-28(16-38-31)46-19-27(44)18-42/h5-10,13-16,20,23,27,42,44H,3-4,11-12,17-19H2,1-2H3,(H,37,39,40). The van der Waals surface area contributed by atoms with E-state index in [0.717, 1.165) is 47.1 Å². The van der Waals surface area contributed by atoms with E-state index >= 15 is 0 Å². The number of carbonyl (C=O) groups is 1. The number of hydrogen-bond donors (Lipinski definition) is 3. The van der Waals surface area contributed by atoms with Crippen molar-refractivity contribution >= 4 is 17.6 Å². The maximum absolute atomic E-state index is 14.4. The van der Waals surface area contributed by atoms with Gasteiger partial charge >= 0.3 is 0 Å². The summed E-state index contributed by atoms with van der Waals surface area (Å²) in [4.78, 5) is 30.5. The highest BCUT2D eigenvalue weighted by atomic mass is 19.1. The molecule has 1 aliphatic carbocycles. The van der Waals surface area contributed by atoms with Crippen LogP contribution in [0, 0.1) is 19.7 Å². The zero-order valence-electron chi connectivity index (χ0n) is 25.7. The second kappa shape index (κ2) is 13.6. The van der Waals surface area contributed by atoms with Crippen molar-refractivity contribution < 1.29 is 28.9 Å². The fourth-order valence-electron chi connectivity index (χ4n) is 5.29. The van der Waals surface area contributed by atoms with Gasteiger partial charge in [0, 0.05) is 23.9 Å². The minimum Gasteiger partial charge on any atom is -0.491 e. The first-order valence-electron chi connectivity index (χ1n) is 15.3. The molecule has 5 aromatic rings.